The molecule has 0 bridgehead atoms. The highest BCUT2D eigenvalue weighted by Crippen LogP contribution is 2.28. The van der Waals surface area contributed by atoms with E-state index in [-0.39, 0.29) is 5.69 Å². The number of hydrogen-bond donors (Lipinski definition) is 4. The van der Waals surface area contributed by atoms with Crippen molar-refractivity contribution in [1.29, 1.82) is 0 Å². The summed E-state index contributed by atoms with van der Waals surface area (Å²) in [6, 6.07) is 23.0. The highest BCUT2D eigenvalue weighted by molar-refractivity contribution is 5.94. The summed E-state index contributed by atoms with van der Waals surface area (Å²) >= 11 is 0. The molecule has 1 aromatic heterocycles. The third-order valence-corrected chi connectivity index (χ3v) is 6.00. The van der Waals surface area contributed by atoms with Crippen molar-refractivity contribution in [1.82, 2.24) is 4.98 Å². The van der Waals surface area contributed by atoms with Gasteiger partial charge in [0, 0.05) is 64.8 Å². The highest BCUT2D eigenvalue weighted by atomic mass is 16.6. The summed E-state index contributed by atoms with van der Waals surface area (Å²) in [6.07, 6.45) is 8.11. The molecule has 0 saturated heterocycles. The van der Waals surface area contributed by atoms with Crippen LogP contribution in [0, 0.1) is 10.1 Å². The lowest BCUT2D eigenvalue weighted by Gasteiger charge is -2.15. The maximum absolute atomic E-state index is 11.1. The fourth-order valence-electron chi connectivity index (χ4n) is 4.05. The number of rotatable bonds is 8. The SMILES string of the molecule is C[NH+]1C=CC(Nc2cccc(CNc3ccc(Nc4ccnc5cc([N+](=O)[O-])ccc45)cc3)c2)=CC1. The minimum absolute atomic E-state index is 0.0283. The Labute approximate surface area is 209 Å². The monoisotopic (exact) mass is 479 g/mol. The molecule has 0 fully saturated rings. The van der Waals surface area contributed by atoms with E-state index in [1.54, 1.807) is 12.3 Å². The van der Waals surface area contributed by atoms with Crippen molar-refractivity contribution in [2.24, 2.45) is 0 Å². The van der Waals surface area contributed by atoms with Crippen LogP contribution in [0.15, 0.2) is 103 Å². The van der Waals surface area contributed by atoms with Crippen LogP contribution in [0.1, 0.15) is 5.56 Å². The first-order chi connectivity index (χ1) is 17.5. The summed E-state index contributed by atoms with van der Waals surface area (Å²) < 4.78 is 0. The van der Waals surface area contributed by atoms with Gasteiger partial charge in [-0.25, -0.2) is 0 Å². The van der Waals surface area contributed by atoms with Crippen LogP contribution < -0.4 is 20.9 Å². The van der Waals surface area contributed by atoms with Gasteiger partial charge >= 0.3 is 0 Å². The molecule has 0 aliphatic carbocycles. The second kappa shape index (κ2) is 10.3. The molecule has 4 aromatic rings. The Kier molecular flexibility index (Phi) is 6.59. The molecule has 1 unspecified atom stereocenters. The number of quaternary nitrogens is 1. The molecule has 4 N–H and O–H groups in total. The topological polar surface area (TPSA) is 96.6 Å². The molecule has 0 spiro atoms. The van der Waals surface area contributed by atoms with Gasteiger partial charge in [0.25, 0.3) is 5.69 Å². The molecule has 1 aliphatic heterocycles. The number of nitrogens with one attached hydrogen (secondary N) is 4. The van der Waals surface area contributed by atoms with Gasteiger partial charge in [-0.2, -0.15) is 0 Å². The van der Waals surface area contributed by atoms with Gasteiger partial charge in [0.05, 0.1) is 23.7 Å². The molecule has 180 valence electrons. The van der Waals surface area contributed by atoms with Crippen molar-refractivity contribution < 1.29 is 9.82 Å². The predicted octanol–water partition coefficient (Wildman–Crippen LogP) is 4.84. The van der Waals surface area contributed by atoms with Crippen LogP contribution in [0.2, 0.25) is 0 Å². The number of nitro benzene ring substituents is 1. The molecule has 36 heavy (non-hydrogen) atoms. The number of benzene rings is 3. The van der Waals surface area contributed by atoms with Crippen molar-refractivity contribution in [2.45, 2.75) is 6.54 Å². The van der Waals surface area contributed by atoms with E-state index in [1.165, 1.54) is 22.6 Å². The van der Waals surface area contributed by atoms with Crippen LogP contribution in [0.4, 0.5) is 28.4 Å². The third-order valence-electron chi connectivity index (χ3n) is 6.00. The van der Waals surface area contributed by atoms with Gasteiger partial charge in [0.1, 0.15) is 6.54 Å². The zero-order valence-electron chi connectivity index (χ0n) is 19.9. The van der Waals surface area contributed by atoms with E-state index in [9.17, 15) is 10.1 Å². The normalized spacial score (nSPS) is 14.8. The lowest BCUT2D eigenvalue weighted by molar-refractivity contribution is -0.818. The first-order valence-electron chi connectivity index (χ1n) is 11.7. The number of pyridine rings is 1. The Morgan fingerprint density at radius 1 is 0.972 bits per heavy atom. The van der Waals surface area contributed by atoms with Gasteiger partial charge < -0.3 is 20.9 Å². The lowest BCUT2D eigenvalue weighted by atomic mass is 10.1. The van der Waals surface area contributed by atoms with E-state index < -0.39 is 4.92 Å². The Hall–Kier alpha value is -4.69. The van der Waals surface area contributed by atoms with Crippen molar-refractivity contribution >= 4 is 39.3 Å². The van der Waals surface area contributed by atoms with E-state index in [4.69, 9.17) is 0 Å². The Morgan fingerprint density at radius 2 is 1.81 bits per heavy atom. The van der Waals surface area contributed by atoms with Crippen LogP contribution in [0.3, 0.4) is 0 Å². The maximum atomic E-state index is 11.1. The van der Waals surface area contributed by atoms with Gasteiger partial charge in [-0.15, -0.1) is 0 Å². The first kappa shape index (κ1) is 23.1. The molecule has 2 heterocycles. The predicted molar refractivity (Wildman–Crippen MR) is 144 cm³/mol. The van der Waals surface area contributed by atoms with Crippen LogP contribution >= 0.6 is 0 Å². The number of allylic oxidation sites excluding steroid dienone is 1. The molecule has 1 aliphatic rings. The molecular formula is C28H27N6O2+. The second-order valence-corrected chi connectivity index (χ2v) is 8.74. The molecule has 0 radical (unpaired) electrons. The summed E-state index contributed by atoms with van der Waals surface area (Å²) in [4.78, 5) is 16.3. The van der Waals surface area contributed by atoms with Crippen molar-refractivity contribution in [3.05, 3.63) is 119 Å². The van der Waals surface area contributed by atoms with Crippen LogP contribution in [0.5, 0.6) is 0 Å². The Balaban J connectivity index is 1.21. The number of non-ortho nitro benzene ring substituents is 1. The fraction of sp³-hybridized carbons (Fsp3) is 0.107. The summed E-state index contributed by atoms with van der Waals surface area (Å²) in [7, 11) is 2.13. The number of hydrogen-bond acceptors (Lipinski definition) is 6. The van der Waals surface area contributed by atoms with Gasteiger partial charge in [0.2, 0.25) is 0 Å². The first-order valence-corrected chi connectivity index (χ1v) is 11.7. The van der Waals surface area contributed by atoms with Gasteiger partial charge in [-0.1, -0.05) is 12.1 Å². The number of fused-ring (bicyclic) bond motifs is 1. The van der Waals surface area contributed by atoms with Crippen molar-refractivity contribution in [3.8, 4) is 0 Å². The molecule has 1 atom stereocenters. The van der Waals surface area contributed by atoms with Gasteiger partial charge in [-0.05, 0) is 60.2 Å². The van der Waals surface area contributed by atoms with E-state index in [2.05, 4.69) is 70.6 Å². The average Bonchev–Trinajstić information content (AvgIpc) is 2.90. The molecule has 3 aromatic carbocycles. The minimum Gasteiger partial charge on any atom is -0.381 e. The zero-order valence-corrected chi connectivity index (χ0v) is 19.9. The van der Waals surface area contributed by atoms with Crippen molar-refractivity contribution in [2.75, 3.05) is 29.5 Å². The highest BCUT2D eigenvalue weighted by Gasteiger charge is 2.10. The fourth-order valence-corrected chi connectivity index (χ4v) is 4.05. The smallest absolute Gasteiger partial charge is 0.271 e. The molecule has 0 amide bonds. The van der Waals surface area contributed by atoms with Gasteiger partial charge in [-0.3, -0.25) is 15.1 Å². The lowest BCUT2D eigenvalue weighted by Crippen LogP contribution is -3.04. The average molecular weight is 480 g/mol. The van der Waals surface area contributed by atoms with Crippen LogP contribution in [-0.4, -0.2) is 23.5 Å². The maximum Gasteiger partial charge on any atom is 0.271 e. The van der Waals surface area contributed by atoms with Crippen molar-refractivity contribution in [3.63, 3.8) is 0 Å². The number of anilines is 4. The number of nitrogens with zero attached hydrogens (tertiary/aromatic N) is 2. The number of nitro groups is 1. The van der Waals surface area contributed by atoms with E-state index in [0.717, 1.165) is 40.4 Å². The third kappa shape index (κ3) is 5.51. The molecular weight excluding hydrogens is 452 g/mol. The largest absolute Gasteiger partial charge is 0.381 e. The number of aromatic nitrogens is 1. The van der Waals surface area contributed by atoms with E-state index in [1.807, 2.05) is 30.3 Å². The summed E-state index contributed by atoms with van der Waals surface area (Å²) in [6.45, 7) is 1.68. The van der Waals surface area contributed by atoms with Crippen LogP contribution in [0.25, 0.3) is 10.9 Å². The van der Waals surface area contributed by atoms with Gasteiger partial charge in [0.15, 0.2) is 0 Å². The molecule has 8 heteroatoms. The molecule has 0 saturated carbocycles. The Bertz CT molecular complexity index is 1460. The quantitative estimate of drug-likeness (QED) is 0.213. The Morgan fingerprint density at radius 3 is 2.58 bits per heavy atom. The second-order valence-electron chi connectivity index (χ2n) is 8.74. The van der Waals surface area contributed by atoms with E-state index in [0.29, 0.717) is 12.1 Å². The molecule has 5 rings (SSSR count). The summed E-state index contributed by atoms with van der Waals surface area (Å²) in [5.74, 6) is 0. The summed E-state index contributed by atoms with van der Waals surface area (Å²) in [5.41, 5.74) is 6.75. The number of likely N-dealkylation sites (N-methyl/N-ethyl adjacent to an activating group) is 1. The standard InChI is InChI=1S/C28H26N6O2/c1-33-15-12-23(13-16-33)31-24-4-2-3-20(17-24)19-30-21-5-7-22(8-6-21)32-27-11-14-29-28-18-25(34(35)36)9-10-26(27)28/h2-15,17-18,30-31H,16,19H2,1H3,(H,29,32)/p+1. The van der Waals surface area contributed by atoms with E-state index >= 15 is 0 Å². The molecule has 8 nitrogen and oxygen atoms in total. The van der Waals surface area contributed by atoms with Crippen LogP contribution in [-0.2, 0) is 6.54 Å². The minimum atomic E-state index is -0.412. The summed E-state index contributed by atoms with van der Waals surface area (Å²) in [5, 5.41) is 22.2. The zero-order chi connectivity index (χ0) is 24.9.